The number of carbonyl (C=O) groups excluding carboxylic acids is 1. The Labute approximate surface area is 125 Å². The molecule has 0 aliphatic heterocycles. The van der Waals surface area contributed by atoms with E-state index in [9.17, 15) is 9.90 Å². The predicted molar refractivity (Wildman–Crippen MR) is 77.2 cm³/mol. The van der Waals surface area contributed by atoms with Crippen LogP contribution in [0.2, 0.25) is 0 Å². The zero-order valence-corrected chi connectivity index (χ0v) is 12.8. The van der Waals surface area contributed by atoms with Gasteiger partial charge in [0.1, 0.15) is 12.2 Å². The van der Waals surface area contributed by atoms with Crippen molar-refractivity contribution in [2.75, 3.05) is 6.61 Å². The number of hydrogen-bond donors (Lipinski definition) is 1. The Morgan fingerprint density at radius 1 is 1.45 bits per heavy atom. The molecule has 2 rings (SSSR count). The van der Waals surface area contributed by atoms with Crippen LogP contribution in [0.4, 0.5) is 0 Å². The molecular weight excluding hydrogens is 324 g/mol. The number of ether oxygens (including phenoxy) is 1. The maximum Gasteiger partial charge on any atom is 0.341 e. The fourth-order valence-corrected chi connectivity index (χ4v) is 1.97. The van der Waals surface area contributed by atoms with Gasteiger partial charge in [0.05, 0.1) is 11.8 Å². The average Bonchev–Trinajstić information content (AvgIpc) is 2.83. The number of nitrogens with zero attached hydrogens (tertiary/aromatic N) is 2. The van der Waals surface area contributed by atoms with Gasteiger partial charge in [-0.3, -0.25) is 4.68 Å². The van der Waals surface area contributed by atoms with Crippen molar-refractivity contribution >= 4 is 21.9 Å². The zero-order chi connectivity index (χ0) is 14.8. The SMILES string of the molecule is Cn1cc(C(=O)OCC(C)(O)c2ccc(Br)cc2)cn1. The van der Waals surface area contributed by atoms with E-state index in [1.165, 1.54) is 10.9 Å². The van der Waals surface area contributed by atoms with Crippen molar-refractivity contribution in [3.05, 3.63) is 52.3 Å². The largest absolute Gasteiger partial charge is 0.459 e. The molecular formula is C14H15BrN2O3. The van der Waals surface area contributed by atoms with E-state index in [1.54, 1.807) is 32.3 Å². The lowest BCUT2D eigenvalue weighted by Crippen LogP contribution is -2.29. The number of carbonyl (C=O) groups is 1. The molecule has 0 bridgehead atoms. The van der Waals surface area contributed by atoms with Crippen molar-refractivity contribution in [1.29, 1.82) is 0 Å². The van der Waals surface area contributed by atoms with Gasteiger partial charge in [-0.25, -0.2) is 4.79 Å². The van der Waals surface area contributed by atoms with Gasteiger partial charge in [0.15, 0.2) is 0 Å². The Balaban J connectivity index is 2.02. The van der Waals surface area contributed by atoms with Crippen LogP contribution >= 0.6 is 15.9 Å². The third kappa shape index (κ3) is 3.46. The Bertz CT molecular complexity index is 605. The lowest BCUT2D eigenvalue weighted by Gasteiger charge is -2.23. The van der Waals surface area contributed by atoms with Gasteiger partial charge in [-0.15, -0.1) is 0 Å². The minimum absolute atomic E-state index is 0.123. The molecule has 0 saturated carbocycles. The first-order valence-electron chi connectivity index (χ1n) is 6.03. The maximum atomic E-state index is 11.8. The topological polar surface area (TPSA) is 64.3 Å². The summed E-state index contributed by atoms with van der Waals surface area (Å²) in [5.74, 6) is -0.504. The summed E-state index contributed by atoms with van der Waals surface area (Å²) >= 11 is 3.33. The van der Waals surface area contributed by atoms with Gasteiger partial charge in [0.2, 0.25) is 0 Å². The lowest BCUT2D eigenvalue weighted by atomic mass is 9.97. The second-order valence-electron chi connectivity index (χ2n) is 4.76. The molecule has 0 saturated heterocycles. The highest BCUT2D eigenvalue weighted by molar-refractivity contribution is 9.10. The number of benzene rings is 1. The van der Waals surface area contributed by atoms with Crippen LogP contribution in [0, 0.1) is 0 Å². The predicted octanol–water partition coefficient (Wildman–Crippen LogP) is 2.25. The van der Waals surface area contributed by atoms with Crippen LogP contribution in [0.15, 0.2) is 41.1 Å². The number of halogens is 1. The highest BCUT2D eigenvalue weighted by atomic mass is 79.9. The summed E-state index contributed by atoms with van der Waals surface area (Å²) in [5, 5.41) is 14.3. The van der Waals surface area contributed by atoms with E-state index in [2.05, 4.69) is 21.0 Å². The number of aryl methyl sites for hydroxylation is 1. The Kier molecular flexibility index (Phi) is 4.25. The summed E-state index contributed by atoms with van der Waals surface area (Å²) in [7, 11) is 1.72. The standard InChI is InChI=1S/C14H15BrN2O3/c1-14(19,11-3-5-12(15)6-4-11)9-20-13(18)10-7-16-17(2)8-10/h3-8,19H,9H2,1-2H3. The quantitative estimate of drug-likeness (QED) is 0.868. The Hall–Kier alpha value is -1.66. The fraction of sp³-hybridized carbons (Fsp3) is 0.286. The summed E-state index contributed by atoms with van der Waals surface area (Å²) in [6, 6.07) is 7.21. The number of hydrogen-bond acceptors (Lipinski definition) is 4. The lowest BCUT2D eigenvalue weighted by molar-refractivity contribution is -0.0240. The molecule has 0 aliphatic rings. The van der Waals surface area contributed by atoms with E-state index in [-0.39, 0.29) is 6.61 Å². The van der Waals surface area contributed by atoms with Crippen LogP contribution in [-0.4, -0.2) is 27.5 Å². The minimum atomic E-state index is -1.24. The minimum Gasteiger partial charge on any atom is -0.459 e. The molecule has 1 aromatic carbocycles. The van der Waals surface area contributed by atoms with Gasteiger partial charge >= 0.3 is 5.97 Å². The van der Waals surface area contributed by atoms with Crippen LogP contribution in [0.5, 0.6) is 0 Å². The van der Waals surface area contributed by atoms with Crippen LogP contribution in [0.25, 0.3) is 0 Å². The highest BCUT2D eigenvalue weighted by Gasteiger charge is 2.25. The maximum absolute atomic E-state index is 11.8. The molecule has 1 N–H and O–H groups in total. The molecule has 1 unspecified atom stereocenters. The number of esters is 1. The van der Waals surface area contributed by atoms with Gasteiger partial charge in [-0.1, -0.05) is 28.1 Å². The first-order chi connectivity index (χ1) is 9.38. The second-order valence-corrected chi connectivity index (χ2v) is 5.68. The van der Waals surface area contributed by atoms with Crippen molar-refractivity contribution in [1.82, 2.24) is 9.78 Å². The first kappa shape index (κ1) is 14.7. The molecule has 0 spiro atoms. The summed E-state index contributed by atoms with van der Waals surface area (Å²) in [6.07, 6.45) is 2.99. The molecule has 1 aromatic heterocycles. The smallest absolute Gasteiger partial charge is 0.341 e. The van der Waals surface area contributed by atoms with E-state index in [4.69, 9.17) is 4.74 Å². The number of rotatable bonds is 4. The van der Waals surface area contributed by atoms with Crippen molar-refractivity contribution in [3.63, 3.8) is 0 Å². The molecule has 106 valence electrons. The van der Waals surface area contributed by atoms with Crippen molar-refractivity contribution in [3.8, 4) is 0 Å². The van der Waals surface area contributed by atoms with Gasteiger partial charge in [0.25, 0.3) is 0 Å². The van der Waals surface area contributed by atoms with Crippen molar-refractivity contribution < 1.29 is 14.6 Å². The molecule has 1 atom stereocenters. The average molecular weight is 339 g/mol. The molecule has 0 amide bonds. The summed E-state index contributed by atoms with van der Waals surface area (Å²) in [5.41, 5.74) is -0.197. The Morgan fingerprint density at radius 2 is 2.10 bits per heavy atom. The highest BCUT2D eigenvalue weighted by Crippen LogP contribution is 2.23. The van der Waals surface area contributed by atoms with Crippen LogP contribution in [0.1, 0.15) is 22.8 Å². The molecule has 5 nitrogen and oxygen atoms in total. The molecule has 0 aliphatic carbocycles. The zero-order valence-electron chi connectivity index (χ0n) is 11.2. The van der Waals surface area contributed by atoms with Gasteiger partial charge in [-0.2, -0.15) is 5.10 Å². The Morgan fingerprint density at radius 3 is 2.65 bits per heavy atom. The van der Waals surface area contributed by atoms with E-state index < -0.39 is 11.6 Å². The van der Waals surface area contributed by atoms with E-state index in [0.717, 1.165) is 4.47 Å². The number of aliphatic hydroxyl groups is 1. The normalized spacial score (nSPS) is 13.8. The fourth-order valence-electron chi connectivity index (χ4n) is 1.71. The van der Waals surface area contributed by atoms with Crippen LogP contribution in [0.3, 0.4) is 0 Å². The van der Waals surface area contributed by atoms with Gasteiger partial charge < -0.3 is 9.84 Å². The molecule has 1 heterocycles. The molecule has 6 heteroatoms. The number of aromatic nitrogens is 2. The van der Waals surface area contributed by atoms with E-state index in [1.807, 2.05) is 12.1 Å². The van der Waals surface area contributed by atoms with Gasteiger partial charge in [-0.05, 0) is 24.6 Å². The van der Waals surface area contributed by atoms with Crippen molar-refractivity contribution in [2.45, 2.75) is 12.5 Å². The van der Waals surface area contributed by atoms with Crippen LogP contribution < -0.4 is 0 Å². The van der Waals surface area contributed by atoms with Gasteiger partial charge in [0, 0.05) is 17.7 Å². The molecule has 0 fully saturated rings. The second kappa shape index (κ2) is 5.76. The third-order valence-electron chi connectivity index (χ3n) is 2.89. The monoisotopic (exact) mass is 338 g/mol. The summed E-state index contributed by atoms with van der Waals surface area (Å²) < 4.78 is 7.57. The molecule has 20 heavy (non-hydrogen) atoms. The molecule has 2 aromatic rings. The van der Waals surface area contributed by atoms with Crippen molar-refractivity contribution in [2.24, 2.45) is 7.05 Å². The molecule has 0 radical (unpaired) electrons. The first-order valence-corrected chi connectivity index (χ1v) is 6.82. The van der Waals surface area contributed by atoms with E-state index in [0.29, 0.717) is 11.1 Å². The van der Waals surface area contributed by atoms with E-state index >= 15 is 0 Å². The van der Waals surface area contributed by atoms with Crippen LogP contribution in [-0.2, 0) is 17.4 Å². The summed E-state index contributed by atoms with van der Waals surface area (Å²) in [4.78, 5) is 11.8. The third-order valence-corrected chi connectivity index (χ3v) is 3.42. The summed E-state index contributed by atoms with van der Waals surface area (Å²) in [6.45, 7) is 1.48.